The predicted octanol–water partition coefficient (Wildman–Crippen LogP) is 2.43. The molecule has 0 spiro atoms. The molecule has 2 aliphatic rings. The minimum absolute atomic E-state index is 0.263. The van der Waals surface area contributed by atoms with E-state index in [0.29, 0.717) is 11.9 Å². The summed E-state index contributed by atoms with van der Waals surface area (Å²) in [5, 5.41) is 4.22. The van der Waals surface area contributed by atoms with Crippen molar-refractivity contribution in [3.8, 4) is 11.4 Å². The fraction of sp³-hybridized carbons (Fsp3) is 0.632. The van der Waals surface area contributed by atoms with Crippen LogP contribution in [0.4, 0.5) is 5.82 Å². The summed E-state index contributed by atoms with van der Waals surface area (Å²) in [6.07, 6.45) is 6.57. The molecule has 2 aliphatic heterocycles. The number of likely N-dealkylation sites (tertiary alicyclic amines) is 2. The fourth-order valence-electron chi connectivity index (χ4n) is 4.09. The van der Waals surface area contributed by atoms with E-state index in [9.17, 15) is 0 Å². The summed E-state index contributed by atoms with van der Waals surface area (Å²) in [5.74, 6) is 2.31. The van der Waals surface area contributed by atoms with Crippen LogP contribution in [0.3, 0.4) is 0 Å². The quantitative estimate of drug-likeness (QED) is 0.834. The third kappa shape index (κ3) is 3.46. The first-order valence-corrected chi connectivity index (χ1v) is 9.53. The molecule has 4 heterocycles. The van der Waals surface area contributed by atoms with Crippen molar-refractivity contribution >= 4 is 5.82 Å². The molecule has 0 aliphatic carbocycles. The highest BCUT2D eigenvalue weighted by molar-refractivity contribution is 5.55. The molecule has 2 fully saturated rings. The van der Waals surface area contributed by atoms with Crippen LogP contribution >= 0.6 is 0 Å². The maximum Gasteiger partial charge on any atom is 0.244 e. The molecule has 7 heteroatoms. The van der Waals surface area contributed by atoms with Gasteiger partial charge in [0, 0.05) is 31.9 Å². The maximum atomic E-state index is 5.67. The molecule has 1 atom stereocenters. The molecule has 0 N–H and O–H groups in total. The topological polar surface area (TPSA) is 61.5 Å². The summed E-state index contributed by atoms with van der Waals surface area (Å²) in [6, 6.07) is 4.88. The summed E-state index contributed by atoms with van der Waals surface area (Å²) in [7, 11) is 6.16. The molecule has 0 aromatic carbocycles. The number of anilines is 1. The first-order chi connectivity index (χ1) is 12.6. The minimum atomic E-state index is 0.263. The van der Waals surface area contributed by atoms with E-state index < -0.39 is 0 Å². The van der Waals surface area contributed by atoms with Crippen LogP contribution in [0, 0.1) is 0 Å². The van der Waals surface area contributed by atoms with Crippen molar-refractivity contribution in [1.29, 1.82) is 0 Å². The second-order valence-corrected chi connectivity index (χ2v) is 7.69. The van der Waals surface area contributed by atoms with E-state index >= 15 is 0 Å². The van der Waals surface area contributed by atoms with Gasteiger partial charge >= 0.3 is 0 Å². The van der Waals surface area contributed by atoms with Gasteiger partial charge in [-0.05, 0) is 64.5 Å². The van der Waals surface area contributed by atoms with Crippen molar-refractivity contribution in [2.45, 2.75) is 37.8 Å². The van der Waals surface area contributed by atoms with Crippen molar-refractivity contribution in [3.63, 3.8) is 0 Å². The Hall–Kier alpha value is -1.99. The van der Waals surface area contributed by atoms with Gasteiger partial charge in [-0.15, -0.1) is 0 Å². The van der Waals surface area contributed by atoms with Crippen molar-refractivity contribution in [1.82, 2.24) is 24.9 Å². The van der Waals surface area contributed by atoms with E-state index in [4.69, 9.17) is 9.51 Å². The maximum absolute atomic E-state index is 5.67. The number of nitrogens with zero attached hydrogens (tertiary/aromatic N) is 6. The lowest BCUT2D eigenvalue weighted by molar-refractivity contribution is 0.0958. The highest BCUT2D eigenvalue weighted by Gasteiger charge is 2.36. The zero-order chi connectivity index (χ0) is 18.1. The van der Waals surface area contributed by atoms with Gasteiger partial charge in [0.25, 0.3) is 0 Å². The van der Waals surface area contributed by atoms with Gasteiger partial charge in [-0.3, -0.25) is 4.90 Å². The lowest BCUT2D eigenvalue weighted by Crippen LogP contribution is -2.43. The van der Waals surface area contributed by atoms with Gasteiger partial charge in [0.2, 0.25) is 11.7 Å². The van der Waals surface area contributed by atoms with Gasteiger partial charge < -0.3 is 14.3 Å². The SMILES string of the molecule is CN1CCC(N2CCCC2c2nc(-c3ccc(N(C)C)nc3)no2)CC1. The van der Waals surface area contributed by atoms with Gasteiger partial charge in [0.15, 0.2) is 0 Å². The molecule has 0 saturated carbocycles. The summed E-state index contributed by atoms with van der Waals surface area (Å²) >= 11 is 0. The summed E-state index contributed by atoms with van der Waals surface area (Å²) in [5.41, 5.74) is 0.898. The minimum Gasteiger partial charge on any atom is -0.363 e. The highest BCUT2D eigenvalue weighted by atomic mass is 16.5. The van der Waals surface area contributed by atoms with Crippen LogP contribution in [0.5, 0.6) is 0 Å². The van der Waals surface area contributed by atoms with E-state index in [0.717, 1.165) is 30.2 Å². The zero-order valence-electron chi connectivity index (χ0n) is 15.9. The second-order valence-electron chi connectivity index (χ2n) is 7.69. The Morgan fingerprint density at radius 2 is 1.92 bits per heavy atom. The number of hydrogen-bond acceptors (Lipinski definition) is 7. The number of piperidine rings is 1. The van der Waals surface area contributed by atoms with Crippen molar-refractivity contribution in [2.24, 2.45) is 0 Å². The van der Waals surface area contributed by atoms with Crippen molar-refractivity contribution in [2.75, 3.05) is 45.7 Å². The molecule has 0 radical (unpaired) electrons. The first kappa shape index (κ1) is 17.4. The van der Waals surface area contributed by atoms with Gasteiger partial charge in [-0.1, -0.05) is 5.16 Å². The Kier molecular flexibility index (Phi) is 4.91. The van der Waals surface area contributed by atoms with E-state index in [2.05, 4.69) is 27.0 Å². The summed E-state index contributed by atoms with van der Waals surface area (Å²) in [6.45, 7) is 3.48. The molecule has 26 heavy (non-hydrogen) atoms. The Balaban J connectivity index is 1.49. The van der Waals surface area contributed by atoms with Crippen LogP contribution in [0.15, 0.2) is 22.9 Å². The second kappa shape index (κ2) is 7.32. The third-order valence-corrected chi connectivity index (χ3v) is 5.64. The van der Waals surface area contributed by atoms with E-state index in [1.54, 1.807) is 0 Å². The zero-order valence-corrected chi connectivity index (χ0v) is 15.9. The molecule has 140 valence electrons. The van der Waals surface area contributed by atoms with Crippen LogP contribution < -0.4 is 4.90 Å². The van der Waals surface area contributed by atoms with E-state index in [1.165, 1.54) is 32.4 Å². The van der Waals surface area contributed by atoms with Crippen LogP contribution in [0.1, 0.15) is 37.6 Å². The fourth-order valence-corrected chi connectivity index (χ4v) is 4.09. The molecule has 7 nitrogen and oxygen atoms in total. The molecule has 0 amide bonds. The van der Waals surface area contributed by atoms with Crippen molar-refractivity contribution < 1.29 is 4.52 Å². The number of rotatable bonds is 4. The van der Waals surface area contributed by atoms with E-state index in [1.807, 2.05) is 37.3 Å². The first-order valence-electron chi connectivity index (χ1n) is 9.53. The molecule has 2 saturated heterocycles. The molecule has 4 rings (SSSR count). The molecular formula is C19H28N6O. The molecular weight excluding hydrogens is 328 g/mol. The standard InChI is InChI=1S/C19H28N6O/c1-23(2)17-7-6-14(13-20-17)18-21-19(26-22-18)16-5-4-10-25(16)15-8-11-24(3)12-9-15/h6-7,13,15-16H,4-5,8-12H2,1-3H3. The lowest BCUT2D eigenvalue weighted by atomic mass is 10.0. The van der Waals surface area contributed by atoms with E-state index in [-0.39, 0.29) is 6.04 Å². The van der Waals surface area contributed by atoms with Gasteiger partial charge in [0.05, 0.1) is 6.04 Å². The van der Waals surface area contributed by atoms with Crippen LogP contribution in [-0.2, 0) is 0 Å². The predicted molar refractivity (Wildman–Crippen MR) is 101 cm³/mol. The Morgan fingerprint density at radius 3 is 2.62 bits per heavy atom. The number of aromatic nitrogens is 3. The lowest BCUT2D eigenvalue weighted by Gasteiger charge is -2.37. The normalized spacial score (nSPS) is 22.8. The smallest absolute Gasteiger partial charge is 0.244 e. The summed E-state index contributed by atoms with van der Waals surface area (Å²) < 4.78 is 5.67. The molecule has 0 bridgehead atoms. The number of pyridine rings is 1. The van der Waals surface area contributed by atoms with Gasteiger partial charge in [0.1, 0.15) is 5.82 Å². The van der Waals surface area contributed by atoms with Gasteiger partial charge in [-0.25, -0.2) is 4.98 Å². The molecule has 2 aromatic rings. The Labute approximate surface area is 155 Å². The largest absolute Gasteiger partial charge is 0.363 e. The average molecular weight is 356 g/mol. The molecule has 1 unspecified atom stereocenters. The monoisotopic (exact) mass is 356 g/mol. The highest BCUT2D eigenvalue weighted by Crippen LogP contribution is 2.36. The number of hydrogen-bond donors (Lipinski definition) is 0. The van der Waals surface area contributed by atoms with Crippen LogP contribution in [0.25, 0.3) is 11.4 Å². The average Bonchev–Trinajstić information content (AvgIpc) is 3.32. The molecule has 2 aromatic heterocycles. The van der Waals surface area contributed by atoms with Crippen molar-refractivity contribution in [3.05, 3.63) is 24.2 Å². The Morgan fingerprint density at radius 1 is 1.12 bits per heavy atom. The summed E-state index contributed by atoms with van der Waals surface area (Å²) in [4.78, 5) is 16.1. The van der Waals surface area contributed by atoms with Crippen LogP contribution in [-0.4, -0.2) is 71.7 Å². The third-order valence-electron chi connectivity index (χ3n) is 5.64. The van der Waals surface area contributed by atoms with Crippen LogP contribution in [0.2, 0.25) is 0 Å². The Bertz CT molecular complexity index is 720. The van der Waals surface area contributed by atoms with Gasteiger partial charge in [-0.2, -0.15) is 4.98 Å².